The van der Waals surface area contributed by atoms with Crippen LogP contribution >= 0.6 is 27.7 Å². The second kappa shape index (κ2) is 5.19. The number of rotatable bonds is 2. The fourth-order valence-corrected chi connectivity index (χ4v) is 2.92. The number of nitrogens with zero attached hydrogens (tertiary/aromatic N) is 2. The number of benzene rings is 1. The zero-order chi connectivity index (χ0) is 13.2. The van der Waals surface area contributed by atoms with Gasteiger partial charge in [-0.05, 0) is 36.4 Å². The van der Waals surface area contributed by atoms with Crippen LogP contribution in [0.15, 0.2) is 63.2 Å². The van der Waals surface area contributed by atoms with Crippen LogP contribution in [0, 0.1) is 0 Å². The highest BCUT2D eigenvalue weighted by molar-refractivity contribution is 9.10. The van der Waals surface area contributed by atoms with Gasteiger partial charge in [-0.3, -0.25) is 0 Å². The maximum absolute atomic E-state index is 9.88. The van der Waals surface area contributed by atoms with E-state index in [4.69, 9.17) is 0 Å². The lowest BCUT2D eigenvalue weighted by molar-refractivity contribution is 0.480. The number of halogens is 1. The summed E-state index contributed by atoms with van der Waals surface area (Å²) in [6.07, 6.45) is 1.75. The Labute approximate surface area is 122 Å². The molecule has 0 bridgehead atoms. The van der Waals surface area contributed by atoms with Crippen LogP contribution in [0.4, 0.5) is 0 Å². The molecule has 0 saturated heterocycles. The molecule has 2 heterocycles. The predicted octanol–water partition coefficient (Wildman–Crippen LogP) is 4.25. The quantitative estimate of drug-likeness (QED) is 0.762. The average molecular weight is 333 g/mol. The fourth-order valence-electron chi connectivity index (χ4n) is 1.72. The van der Waals surface area contributed by atoms with E-state index < -0.39 is 0 Å². The Morgan fingerprint density at radius 3 is 2.68 bits per heavy atom. The van der Waals surface area contributed by atoms with E-state index in [1.54, 1.807) is 12.3 Å². The highest BCUT2D eigenvalue weighted by Gasteiger charge is 2.07. The summed E-state index contributed by atoms with van der Waals surface area (Å²) in [5.74, 6) is 0.182. The van der Waals surface area contributed by atoms with Crippen LogP contribution in [0.5, 0.6) is 5.75 Å². The zero-order valence-corrected chi connectivity index (χ0v) is 12.1. The van der Waals surface area contributed by atoms with Crippen molar-refractivity contribution >= 4 is 38.6 Å². The minimum atomic E-state index is 0.182. The molecule has 3 aromatic rings. The van der Waals surface area contributed by atoms with Crippen LogP contribution in [0.3, 0.4) is 0 Å². The molecule has 0 spiro atoms. The maximum atomic E-state index is 9.88. The minimum Gasteiger partial charge on any atom is -0.506 e. The van der Waals surface area contributed by atoms with Crippen molar-refractivity contribution in [3.8, 4) is 5.75 Å². The maximum Gasteiger partial charge on any atom is 0.141 e. The summed E-state index contributed by atoms with van der Waals surface area (Å²) in [5, 5.41) is 12.5. The molecule has 19 heavy (non-hydrogen) atoms. The Bertz CT molecular complexity index is 734. The van der Waals surface area contributed by atoms with E-state index in [-0.39, 0.29) is 5.75 Å². The molecule has 0 aliphatic rings. The van der Waals surface area contributed by atoms with Crippen molar-refractivity contribution in [2.24, 2.45) is 0 Å². The lowest BCUT2D eigenvalue weighted by Crippen LogP contribution is -1.85. The van der Waals surface area contributed by atoms with Gasteiger partial charge >= 0.3 is 0 Å². The van der Waals surface area contributed by atoms with Gasteiger partial charge in [-0.25, -0.2) is 9.97 Å². The monoisotopic (exact) mass is 332 g/mol. The smallest absolute Gasteiger partial charge is 0.141 e. The summed E-state index contributed by atoms with van der Waals surface area (Å²) in [5.41, 5.74) is 0.593. The molecule has 0 fully saturated rings. The summed E-state index contributed by atoms with van der Waals surface area (Å²) >= 11 is 4.92. The molecular weight excluding hydrogens is 324 g/mol. The van der Waals surface area contributed by atoms with E-state index in [9.17, 15) is 5.11 Å². The topological polar surface area (TPSA) is 46.0 Å². The largest absolute Gasteiger partial charge is 0.506 e. The number of hydrogen-bond acceptors (Lipinski definition) is 4. The van der Waals surface area contributed by atoms with Crippen LogP contribution < -0.4 is 0 Å². The number of fused-ring (bicyclic) bond motifs is 1. The van der Waals surface area contributed by atoms with Gasteiger partial charge in [0.1, 0.15) is 21.3 Å². The van der Waals surface area contributed by atoms with E-state index in [1.165, 1.54) is 11.8 Å². The standard InChI is InChI=1S/C14H9BrN2OS/c15-10-5-6-11(18)14-9(10)4-7-13(17-14)19-12-3-1-2-8-16-12/h1-8,18H. The molecule has 5 heteroatoms. The summed E-state index contributed by atoms with van der Waals surface area (Å²) < 4.78 is 0.919. The van der Waals surface area contributed by atoms with E-state index >= 15 is 0 Å². The first-order chi connectivity index (χ1) is 9.24. The number of hydrogen-bond donors (Lipinski definition) is 1. The molecular formula is C14H9BrN2OS. The highest BCUT2D eigenvalue weighted by Crippen LogP contribution is 2.32. The van der Waals surface area contributed by atoms with Crippen LogP contribution in [0.2, 0.25) is 0 Å². The van der Waals surface area contributed by atoms with Gasteiger partial charge < -0.3 is 5.11 Å². The predicted molar refractivity (Wildman–Crippen MR) is 79.5 cm³/mol. The molecule has 0 amide bonds. The number of phenols is 1. The van der Waals surface area contributed by atoms with Gasteiger partial charge in [0.2, 0.25) is 0 Å². The summed E-state index contributed by atoms with van der Waals surface area (Å²) in [4.78, 5) is 8.72. The Hall–Kier alpha value is -1.59. The molecule has 0 saturated carbocycles. The third-order valence-corrected chi connectivity index (χ3v) is 4.18. The van der Waals surface area contributed by atoms with Gasteiger partial charge in [-0.1, -0.05) is 33.8 Å². The Kier molecular flexibility index (Phi) is 3.40. The van der Waals surface area contributed by atoms with Gasteiger partial charge in [0.15, 0.2) is 0 Å². The zero-order valence-electron chi connectivity index (χ0n) is 9.75. The lowest BCUT2D eigenvalue weighted by atomic mass is 10.2. The van der Waals surface area contributed by atoms with Gasteiger partial charge in [-0.2, -0.15) is 0 Å². The second-order valence-electron chi connectivity index (χ2n) is 3.88. The second-order valence-corrected chi connectivity index (χ2v) is 5.78. The summed E-state index contributed by atoms with van der Waals surface area (Å²) in [7, 11) is 0. The van der Waals surface area contributed by atoms with Gasteiger partial charge in [-0.15, -0.1) is 0 Å². The van der Waals surface area contributed by atoms with Gasteiger partial charge in [0, 0.05) is 16.1 Å². The third-order valence-electron chi connectivity index (χ3n) is 2.60. The molecule has 0 radical (unpaired) electrons. The van der Waals surface area contributed by atoms with Crippen LogP contribution in [-0.2, 0) is 0 Å². The molecule has 3 nitrogen and oxygen atoms in total. The lowest BCUT2D eigenvalue weighted by Gasteiger charge is -2.05. The molecule has 2 aromatic heterocycles. The van der Waals surface area contributed by atoms with Crippen molar-refractivity contribution in [1.82, 2.24) is 9.97 Å². The SMILES string of the molecule is Oc1ccc(Br)c2ccc(Sc3ccccn3)nc12. The number of phenolic OH excluding ortho intramolecular Hbond substituents is 1. The molecule has 0 aliphatic heterocycles. The van der Waals surface area contributed by atoms with Crippen molar-refractivity contribution in [2.45, 2.75) is 10.1 Å². The van der Waals surface area contributed by atoms with Crippen LogP contribution in [0.1, 0.15) is 0 Å². The van der Waals surface area contributed by atoms with E-state index in [0.29, 0.717) is 5.52 Å². The van der Waals surface area contributed by atoms with Crippen molar-refractivity contribution in [1.29, 1.82) is 0 Å². The van der Waals surface area contributed by atoms with E-state index in [0.717, 1.165) is 19.9 Å². The van der Waals surface area contributed by atoms with Crippen molar-refractivity contribution in [3.63, 3.8) is 0 Å². The molecule has 0 aliphatic carbocycles. The molecule has 0 atom stereocenters. The average Bonchev–Trinajstić information content (AvgIpc) is 2.44. The Morgan fingerprint density at radius 1 is 1.00 bits per heavy atom. The van der Waals surface area contributed by atoms with E-state index in [1.807, 2.05) is 36.4 Å². The van der Waals surface area contributed by atoms with E-state index in [2.05, 4.69) is 25.9 Å². The van der Waals surface area contributed by atoms with Gasteiger partial charge in [0.05, 0.1) is 0 Å². The highest BCUT2D eigenvalue weighted by atomic mass is 79.9. The molecule has 94 valence electrons. The van der Waals surface area contributed by atoms with Crippen molar-refractivity contribution in [3.05, 3.63) is 53.1 Å². The number of aromatic nitrogens is 2. The van der Waals surface area contributed by atoms with Crippen molar-refractivity contribution < 1.29 is 5.11 Å². The Balaban J connectivity index is 2.05. The Morgan fingerprint density at radius 2 is 1.89 bits per heavy atom. The normalized spacial score (nSPS) is 10.8. The first-order valence-electron chi connectivity index (χ1n) is 5.61. The summed E-state index contributed by atoms with van der Waals surface area (Å²) in [6, 6.07) is 13.0. The molecule has 1 N–H and O–H groups in total. The molecule has 1 aromatic carbocycles. The fraction of sp³-hybridized carbons (Fsp3) is 0. The first kappa shape index (κ1) is 12.4. The first-order valence-corrected chi connectivity index (χ1v) is 7.22. The van der Waals surface area contributed by atoms with Crippen LogP contribution in [0.25, 0.3) is 10.9 Å². The van der Waals surface area contributed by atoms with Gasteiger partial charge in [0.25, 0.3) is 0 Å². The number of aromatic hydroxyl groups is 1. The van der Waals surface area contributed by atoms with Crippen molar-refractivity contribution in [2.75, 3.05) is 0 Å². The van der Waals surface area contributed by atoms with Crippen LogP contribution in [-0.4, -0.2) is 15.1 Å². The molecule has 3 rings (SSSR count). The number of pyridine rings is 2. The molecule has 0 unspecified atom stereocenters. The minimum absolute atomic E-state index is 0.182. The third kappa shape index (κ3) is 2.57. The summed E-state index contributed by atoms with van der Waals surface area (Å²) in [6.45, 7) is 0.